The van der Waals surface area contributed by atoms with E-state index in [0.717, 1.165) is 21.6 Å². The number of aliphatic carboxylic acids is 1. The van der Waals surface area contributed by atoms with Crippen LogP contribution >= 0.6 is 0 Å². The molecule has 6 heteroatoms. The minimum absolute atomic E-state index is 0.108. The topological polar surface area (TPSA) is 76.1 Å². The number of aryl methyl sites for hydroxylation is 1. The van der Waals surface area contributed by atoms with Crippen molar-refractivity contribution in [1.82, 2.24) is 4.90 Å². The van der Waals surface area contributed by atoms with Crippen LogP contribution in [0.3, 0.4) is 0 Å². The quantitative estimate of drug-likeness (QED) is 0.745. The second kappa shape index (κ2) is 9.45. The maximum atomic E-state index is 12.4. The molecule has 0 heterocycles. The summed E-state index contributed by atoms with van der Waals surface area (Å²) < 4.78 is 11.3. The molecule has 6 nitrogen and oxygen atoms in total. The molecule has 2 rings (SSSR count). The Morgan fingerprint density at radius 3 is 2.34 bits per heavy atom. The number of carbonyl (C=O) groups excluding carboxylic acids is 1. The molecule has 0 aromatic heterocycles. The molecule has 1 N–H and O–H groups in total. The molecule has 0 radical (unpaired) electrons. The summed E-state index contributed by atoms with van der Waals surface area (Å²) in [6, 6.07) is 14.3. The van der Waals surface area contributed by atoms with Gasteiger partial charge in [-0.05, 0) is 44.9 Å². The number of nitrogens with zero attached hydrogens (tertiary/aromatic N) is 1. The van der Waals surface area contributed by atoms with Crippen LogP contribution in [0.15, 0.2) is 48.5 Å². The highest BCUT2D eigenvalue weighted by atomic mass is 16.6. The lowest BCUT2D eigenvalue weighted by Gasteiger charge is -2.29. The molecule has 0 bridgehead atoms. The van der Waals surface area contributed by atoms with E-state index in [2.05, 4.69) is 0 Å². The zero-order valence-corrected chi connectivity index (χ0v) is 17.6. The molecule has 0 saturated heterocycles. The van der Waals surface area contributed by atoms with Gasteiger partial charge in [-0.2, -0.15) is 0 Å². The van der Waals surface area contributed by atoms with E-state index in [9.17, 15) is 14.7 Å². The van der Waals surface area contributed by atoms with Crippen LogP contribution in [0.2, 0.25) is 0 Å². The maximum Gasteiger partial charge on any atom is 0.410 e. The molecule has 2 aromatic rings. The Morgan fingerprint density at radius 1 is 1.10 bits per heavy atom. The Morgan fingerprint density at radius 2 is 1.76 bits per heavy atom. The summed E-state index contributed by atoms with van der Waals surface area (Å²) in [4.78, 5) is 25.4. The molecule has 0 spiro atoms. The third-order valence-electron chi connectivity index (χ3n) is 4.30. The van der Waals surface area contributed by atoms with Crippen LogP contribution in [0, 0.1) is 6.92 Å². The lowest BCUT2D eigenvalue weighted by molar-refractivity contribution is -0.142. The molecule has 156 valence electrons. The number of rotatable bonds is 7. The molecule has 0 aliphatic rings. The van der Waals surface area contributed by atoms with Crippen LogP contribution in [0.25, 0.3) is 0 Å². The molecule has 1 unspecified atom stereocenters. The van der Waals surface area contributed by atoms with Gasteiger partial charge in [-0.3, -0.25) is 4.90 Å². The highest BCUT2D eigenvalue weighted by Gasteiger charge is 2.31. The van der Waals surface area contributed by atoms with E-state index in [-0.39, 0.29) is 6.42 Å². The van der Waals surface area contributed by atoms with Crippen molar-refractivity contribution in [2.45, 2.75) is 52.4 Å². The first kappa shape index (κ1) is 22.3. The Balaban J connectivity index is 2.21. The van der Waals surface area contributed by atoms with Gasteiger partial charge in [0.25, 0.3) is 0 Å². The number of ether oxygens (including phenoxy) is 2. The van der Waals surface area contributed by atoms with E-state index in [4.69, 9.17) is 9.47 Å². The van der Waals surface area contributed by atoms with E-state index >= 15 is 0 Å². The predicted octanol–water partition coefficient (Wildman–Crippen LogP) is 4.44. The molecule has 0 saturated carbocycles. The van der Waals surface area contributed by atoms with Crippen molar-refractivity contribution < 1.29 is 24.2 Å². The lowest BCUT2D eigenvalue weighted by Crippen LogP contribution is -2.46. The summed E-state index contributed by atoms with van der Waals surface area (Å²) in [5, 5.41) is 9.73. The van der Waals surface area contributed by atoms with E-state index in [1.54, 1.807) is 20.8 Å². The predicted molar refractivity (Wildman–Crippen MR) is 111 cm³/mol. The number of carboxylic acids is 1. The number of benzene rings is 2. The third kappa shape index (κ3) is 6.82. The summed E-state index contributed by atoms with van der Waals surface area (Å²) in [7, 11) is 1.44. The zero-order chi connectivity index (χ0) is 21.6. The van der Waals surface area contributed by atoms with Crippen LogP contribution in [-0.2, 0) is 22.6 Å². The molecular weight excluding hydrogens is 370 g/mol. The summed E-state index contributed by atoms with van der Waals surface area (Å²) >= 11 is 0. The van der Waals surface area contributed by atoms with E-state index in [0.29, 0.717) is 12.4 Å². The van der Waals surface area contributed by atoms with Crippen LogP contribution in [-0.4, -0.2) is 40.8 Å². The summed E-state index contributed by atoms with van der Waals surface area (Å²) in [6.45, 7) is 7.52. The summed E-state index contributed by atoms with van der Waals surface area (Å²) in [6.07, 6.45) is -0.569. The first-order valence-electron chi connectivity index (χ1n) is 9.51. The molecule has 2 aromatic carbocycles. The minimum Gasteiger partial charge on any atom is -0.489 e. The van der Waals surface area contributed by atoms with Crippen molar-refractivity contribution >= 4 is 12.1 Å². The van der Waals surface area contributed by atoms with Crippen molar-refractivity contribution in [2.24, 2.45) is 0 Å². The van der Waals surface area contributed by atoms with Crippen LogP contribution < -0.4 is 4.74 Å². The number of amides is 1. The highest BCUT2D eigenvalue weighted by Crippen LogP contribution is 2.24. The Hall–Kier alpha value is -3.02. The normalized spacial score (nSPS) is 12.2. The summed E-state index contributed by atoms with van der Waals surface area (Å²) in [5.41, 5.74) is 2.02. The molecule has 1 atom stereocenters. The van der Waals surface area contributed by atoms with Gasteiger partial charge in [-0.1, -0.05) is 48.0 Å². The number of carboxylic acid groups (broad SMARTS) is 1. The van der Waals surface area contributed by atoms with Gasteiger partial charge in [0.1, 0.15) is 24.0 Å². The average molecular weight is 399 g/mol. The second-order valence-electron chi connectivity index (χ2n) is 8.03. The highest BCUT2D eigenvalue weighted by molar-refractivity contribution is 5.80. The molecule has 0 aliphatic heterocycles. The minimum atomic E-state index is -1.10. The van der Waals surface area contributed by atoms with Crippen molar-refractivity contribution in [3.05, 3.63) is 65.2 Å². The lowest BCUT2D eigenvalue weighted by atomic mass is 10.0. The van der Waals surface area contributed by atoms with Gasteiger partial charge < -0.3 is 14.6 Å². The van der Waals surface area contributed by atoms with Crippen molar-refractivity contribution in [3.63, 3.8) is 0 Å². The summed E-state index contributed by atoms with van der Waals surface area (Å²) in [5.74, 6) is -0.503. The Kier molecular flexibility index (Phi) is 7.26. The van der Waals surface area contributed by atoms with Gasteiger partial charge in [0.15, 0.2) is 0 Å². The van der Waals surface area contributed by atoms with Gasteiger partial charge >= 0.3 is 12.1 Å². The number of likely N-dealkylation sites (N-methyl/N-ethyl adjacent to an activating group) is 1. The molecular formula is C23H29NO5. The number of carbonyl (C=O) groups is 2. The third-order valence-corrected chi connectivity index (χ3v) is 4.30. The standard InChI is InChI=1S/C23H29NO5/c1-16-11-12-20(28-15-17-9-7-6-8-10-17)18(13-16)14-19(21(25)26)24(5)22(27)29-23(2,3)4/h6-13,19H,14-15H2,1-5H3,(H,25,26). The first-order valence-corrected chi connectivity index (χ1v) is 9.51. The van der Waals surface area contributed by atoms with E-state index < -0.39 is 23.7 Å². The van der Waals surface area contributed by atoms with Crippen LogP contribution in [0.5, 0.6) is 5.75 Å². The fourth-order valence-electron chi connectivity index (χ4n) is 2.80. The smallest absolute Gasteiger partial charge is 0.410 e. The zero-order valence-electron chi connectivity index (χ0n) is 17.6. The molecule has 0 aliphatic carbocycles. The molecule has 29 heavy (non-hydrogen) atoms. The van der Waals surface area contributed by atoms with E-state index in [1.807, 2.05) is 55.5 Å². The van der Waals surface area contributed by atoms with Gasteiger partial charge in [-0.15, -0.1) is 0 Å². The van der Waals surface area contributed by atoms with Crippen molar-refractivity contribution in [2.75, 3.05) is 7.05 Å². The average Bonchev–Trinajstić information content (AvgIpc) is 2.64. The van der Waals surface area contributed by atoms with Gasteiger partial charge in [0.2, 0.25) is 0 Å². The second-order valence-corrected chi connectivity index (χ2v) is 8.03. The van der Waals surface area contributed by atoms with Gasteiger partial charge in [0, 0.05) is 13.5 Å². The van der Waals surface area contributed by atoms with Crippen LogP contribution in [0.1, 0.15) is 37.5 Å². The number of hydrogen-bond acceptors (Lipinski definition) is 4. The largest absolute Gasteiger partial charge is 0.489 e. The molecule has 1 amide bonds. The molecule has 0 fully saturated rings. The van der Waals surface area contributed by atoms with Crippen molar-refractivity contribution in [3.8, 4) is 5.75 Å². The van der Waals surface area contributed by atoms with E-state index in [1.165, 1.54) is 7.05 Å². The Bertz CT molecular complexity index is 842. The van der Waals surface area contributed by atoms with Gasteiger partial charge in [0.05, 0.1) is 0 Å². The van der Waals surface area contributed by atoms with Crippen LogP contribution in [0.4, 0.5) is 4.79 Å². The fourth-order valence-corrected chi connectivity index (χ4v) is 2.80. The monoisotopic (exact) mass is 399 g/mol. The maximum absolute atomic E-state index is 12.4. The SMILES string of the molecule is Cc1ccc(OCc2ccccc2)c(CC(C(=O)O)N(C)C(=O)OC(C)(C)C)c1. The van der Waals surface area contributed by atoms with Gasteiger partial charge in [-0.25, -0.2) is 9.59 Å². The van der Waals surface area contributed by atoms with Crippen molar-refractivity contribution in [1.29, 1.82) is 0 Å². The first-order chi connectivity index (χ1) is 13.6. The number of hydrogen-bond donors (Lipinski definition) is 1. The Labute approximate surface area is 172 Å². The fraction of sp³-hybridized carbons (Fsp3) is 0.391.